The second kappa shape index (κ2) is 3.49. The Morgan fingerprint density at radius 2 is 2.46 bits per heavy atom. The third-order valence-corrected chi connectivity index (χ3v) is 2.48. The fourth-order valence-corrected chi connectivity index (χ4v) is 1.80. The van der Waals surface area contributed by atoms with Gasteiger partial charge in [0.05, 0.1) is 6.04 Å². The Morgan fingerprint density at radius 1 is 1.54 bits per heavy atom. The highest BCUT2D eigenvalue weighted by molar-refractivity contribution is 5.24. The summed E-state index contributed by atoms with van der Waals surface area (Å²) in [6, 6.07) is 6.40. The zero-order chi connectivity index (χ0) is 9.10. The molecular formula is C11H12N2. The first-order valence-electron chi connectivity index (χ1n) is 4.65. The summed E-state index contributed by atoms with van der Waals surface area (Å²) in [6.45, 7) is 0. The normalized spacial score (nSPS) is 21.3. The number of hydrogen-bond donors (Lipinski definition) is 0. The molecule has 0 aromatic carbocycles. The summed E-state index contributed by atoms with van der Waals surface area (Å²) in [5, 5.41) is 8.84. The van der Waals surface area contributed by atoms with Crippen molar-refractivity contribution >= 4 is 0 Å². The zero-order valence-electron chi connectivity index (χ0n) is 7.48. The van der Waals surface area contributed by atoms with Crippen LogP contribution in [0.25, 0.3) is 0 Å². The van der Waals surface area contributed by atoms with Gasteiger partial charge in [0.15, 0.2) is 0 Å². The van der Waals surface area contributed by atoms with Crippen LogP contribution in [0.3, 0.4) is 0 Å². The molecule has 0 radical (unpaired) electrons. The first-order valence-corrected chi connectivity index (χ1v) is 4.65. The zero-order valence-corrected chi connectivity index (χ0v) is 7.48. The van der Waals surface area contributed by atoms with E-state index in [2.05, 4.69) is 22.8 Å². The smallest absolute Gasteiger partial charge is 0.120 e. The topological polar surface area (TPSA) is 28.7 Å². The van der Waals surface area contributed by atoms with Gasteiger partial charge in [-0.3, -0.25) is 0 Å². The van der Waals surface area contributed by atoms with Gasteiger partial charge in [0, 0.05) is 6.20 Å². The summed E-state index contributed by atoms with van der Waals surface area (Å²) in [5.41, 5.74) is 0.761. The van der Waals surface area contributed by atoms with Crippen molar-refractivity contribution in [3.05, 3.63) is 36.2 Å². The minimum absolute atomic E-state index is 0.401. The van der Waals surface area contributed by atoms with Gasteiger partial charge in [0.1, 0.15) is 11.8 Å². The van der Waals surface area contributed by atoms with Crippen molar-refractivity contribution in [1.29, 1.82) is 5.26 Å². The second-order valence-corrected chi connectivity index (χ2v) is 3.34. The standard InChI is InChI=1S/C11H12N2/c12-9-11-7-4-8-13(11)10-5-2-1-3-6-10/h2,4-5,7-8,10H,1,3,6H2. The van der Waals surface area contributed by atoms with Gasteiger partial charge in [-0.15, -0.1) is 0 Å². The number of nitrogens with zero attached hydrogens (tertiary/aromatic N) is 2. The van der Waals surface area contributed by atoms with Crippen LogP contribution in [-0.2, 0) is 0 Å². The quantitative estimate of drug-likeness (QED) is 0.598. The highest BCUT2D eigenvalue weighted by atomic mass is 15.0. The largest absolute Gasteiger partial charge is 0.333 e. The molecule has 1 aliphatic rings. The van der Waals surface area contributed by atoms with Crippen molar-refractivity contribution in [2.75, 3.05) is 0 Å². The summed E-state index contributed by atoms with van der Waals surface area (Å²) < 4.78 is 2.05. The lowest BCUT2D eigenvalue weighted by Crippen LogP contribution is -2.09. The first kappa shape index (κ1) is 8.12. The molecule has 13 heavy (non-hydrogen) atoms. The van der Waals surface area contributed by atoms with Crippen LogP contribution in [0.4, 0.5) is 0 Å². The van der Waals surface area contributed by atoms with Crippen LogP contribution in [0.15, 0.2) is 30.5 Å². The molecule has 0 N–H and O–H groups in total. The van der Waals surface area contributed by atoms with E-state index in [0.29, 0.717) is 6.04 Å². The van der Waals surface area contributed by atoms with Gasteiger partial charge in [0.25, 0.3) is 0 Å². The van der Waals surface area contributed by atoms with Gasteiger partial charge in [0.2, 0.25) is 0 Å². The molecule has 0 saturated heterocycles. The lowest BCUT2D eigenvalue weighted by atomic mass is 10.0. The number of rotatable bonds is 1. The Labute approximate surface area is 78.1 Å². The predicted octanol–water partition coefficient (Wildman–Crippen LogP) is 2.64. The molecule has 0 aliphatic heterocycles. The molecule has 1 aliphatic carbocycles. The monoisotopic (exact) mass is 172 g/mol. The molecule has 0 bridgehead atoms. The maximum Gasteiger partial charge on any atom is 0.120 e. The van der Waals surface area contributed by atoms with E-state index in [1.54, 1.807) is 0 Å². The molecule has 1 aromatic heterocycles. The highest BCUT2D eigenvalue weighted by Gasteiger charge is 2.11. The Balaban J connectivity index is 2.29. The van der Waals surface area contributed by atoms with Gasteiger partial charge >= 0.3 is 0 Å². The van der Waals surface area contributed by atoms with E-state index in [9.17, 15) is 0 Å². The van der Waals surface area contributed by atoms with Gasteiger partial charge in [-0.2, -0.15) is 5.26 Å². The second-order valence-electron chi connectivity index (χ2n) is 3.34. The molecular weight excluding hydrogens is 160 g/mol. The van der Waals surface area contributed by atoms with E-state index in [-0.39, 0.29) is 0 Å². The average Bonchev–Trinajstić information content (AvgIpc) is 2.67. The van der Waals surface area contributed by atoms with Crippen LogP contribution < -0.4 is 0 Å². The molecule has 66 valence electrons. The fraction of sp³-hybridized carbons (Fsp3) is 0.364. The van der Waals surface area contributed by atoms with Gasteiger partial charge in [-0.25, -0.2) is 0 Å². The predicted molar refractivity (Wildman–Crippen MR) is 51.2 cm³/mol. The van der Waals surface area contributed by atoms with Crippen LogP contribution in [-0.4, -0.2) is 4.57 Å². The molecule has 1 unspecified atom stereocenters. The Kier molecular flexibility index (Phi) is 2.18. The van der Waals surface area contributed by atoms with E-state index in [1.165, 1.54) is 12.8 Å². The van der Waals surface area contributed by atoms with Crippen LogP contribution in [0, 0.1) is 11.3 Å². The van der Waals surface area contributed by atoms with E-state index in [4.69, 9.17) is 5.26 Å². The summed E-state index contributed by atoms with van der Waals surface area (Å²) >= 11 is 0. The molecule has 1 heterocycles. The summed E-state index contributed by atoms with van der Waals surface area (Å²) in [7, 11) is 0. The summed E-state index contributed by atoms with van der Waals surface area (Å²) in [6.07, 6.45) is 9.95. The SMILES string of the molecule is N#Cc1cccn1C1C=CCCC1. The Morgan fingerprint density at radius 3 is 3.15 bits per heavy atom. The third kappa shape index (κ3) is 1.50. The fourth-order valence-electron chi connectivity index (χ4n) is 1.80. The molecule has 2 heteroatoms. The van der Waals surface area contributed by atoms with Crippen molar-refractivity contribution in [3.63, 3.8) is 0 Å². The van der Waals surface area contributed by atoms with E-state index < -0.39 is 0 Å². The molecule has 0 fully saturated rings. The Bertz CT molecular complexity index is 354. The number of aromatic nitrogens is 1. The lowest BCUT2D eigenvalue weighted by molar-refractivity contribution is 0.516. The van der Waals surface area contributed by atoms with Crippen molar-refractivity contribution in [2.24, 2.45) is 0 Å². The van der Waals surface area contributed by atoms with Crippen LogP contribution in [0.5, 0.6) is 0 Å². The lowest BCUT2D eigenvalue weighted by Gasteiger charge is -2.18. The molecule has 2 nitrogen and oxygen atoms in total. The van der Waals surface area contributed by atoms with Crippen molar-refractivity contribution < 1.29 is 0 Å². The van der Waals surface area contributed by atoms with Gasteiger partial charge in [-0.05, 0) is 31.4 Å². The molecule has 1 atom stereocenters. The van der Waals surface area contributed by atoms with E-state index in [0.717, 1.165) is 12.1 Å². The number of allylic oxidation sites excluding steroid dienone is 2. The molecule has 0 spiro atoms. The van der Waals surface area contributed by atoms with E-state index >= 15 is 0 Å². The highest BCUT2D eigenvalue weighted by Crippen LogP contribution is 2.23. The summed E-state index contributed by atoms with van der Waals surface area (Å²) in [5.74, 6) is 0. The first-order chi connectivity index (χ1) is 6.42. The number of nitriles is 1. The van der Waals surface area contributed by atoms with Gasteiger partial charge < -0.3 is 4.57 Å². The average molecular weight is 172 g/mol. The van der Waals surface area contributed by atoms with Crippen LogP contribution in [0.1, 0.15) is 31.0 Å². The minimum Gasteiger partial charge on any atom is -0.333 e. The Hall–Kier alpha value is -1.49. The molecule has 0 saturated carbocycles. The third-order valence-electron chi connectivity index (χ3n) is 2.48. The van der Waals surface area contributed by atoms with Crippen molar-refractivity contribution in [2.45, 2.75) is 25.3 Å². The maximum absolute atomic E-state index is 8.84. The molecule has 2 rings (SSSR count). The van der Waals surface area contributed by atoms with Crippen LogP contribution >= 0.6 is 0 Å². The maximum atomic E-state index is 8.84. The van der Waals surface area contributed by atoms with Crippen molar-refractivity contribution in [3.8, 4) is 6.07 Å². The number of hydrogen-bond acceptors (Lipinski definition) is 1. The van der Waals surface area contributed by atoms with E-state index in [1.807, 2.05) is 18.3 Å². The minimum atomic E-state index is 0.401. The molecule has 0 amide bonds. The summed E-state index contributed by atoms with van der Waals surface area (Å²) in [4.78, 5) is 0. The van der Waals surface area contributed by atoms with Crippen LogP contribution in [0.2, 0.25) is 0 Å². The van der Waals surface area contributed by atoms with Gasteiger partial charge in [-0.1, -0.05) is 12.2 Å². The van der Waals surface area contributed by atoms with Crippen molar-refractivity contribution in [1.82, 2.24) is 4.57 Å². The molecule has 1 aromatic rings.